The Kier molecular flexibility index (Phi) is 3.45. The van der Waals surface area contributed by atoms with Crippen molar-refractivity contribution in [2.24, 2.45) is 0 Å². The van der Waals surface area contributed by atoms with Crippen LogP contribution in [0.2, 0.25) is 0 Å². The summed E-state index contributed by atoms with van der Waals surface area (Å²) < 4.78 is 1.54. The highest BCUT2D eigenvalue weighted by Gasteiger charge is 2.00. The molecule has 0 spiro atoms. The molecule has 1 rings (SSSR count). The lowest BCUT2D eigenvalue weighted by Gasteiger charge is -2.04. The van der Waals surface area contributed by atoms with Gasteiger partial charge >= 0.3 is 5.97 Å². The number of carboxylic acids is 1. The summed E-state index contributed by atoms with van der Waals surface area (Å²) in [6.45, 7) is 2.21. The molecule has 0 fully saturated rings. The number of hydrogen-bond donors (Lipinski definition) is 1. The Morgan fingerprint density at radius 3 is 2.93 bits per heavy atom. The molecule has 0 unspecified atom stereocenters. The van der Waals surface area contributed by atoms with Crippen molar-refractivity contribution < 1.29 is 9.90 Å². The highest BCUT2D eigenvalue weighted by Crippen LogP contribution is 1.94. The molecule has 1 aromatic rings. The number of carboxylic acid groups (broad SMARTS) is 1. The van der Waals surface area contributed by atoms with Gasteiger partial charge in [0.2, 0.25) is 0 Å². The number of nitrogens with zero attached hydrogens (tertiary/aromatic N) is 1. The van der Waals surface area contributed by atoms with Gasteiger partial charge in [0.1, 0.15) is 0 Å². The molecule has 0 aliphatic heterocycles. The van der Waals surface area contributed by atoms with E-state index in [1.165, 1.54) is 4.57 Å². The Bertz CT molecular complexity index is 381. The summed E-state index contributed by atoms with van der Waals surface area (Å²) in [7, 11) is 0. The van der Waals surface area contributed by atoms with Crippen LogP contribution in [0.25, 0.3) is 0 Å². The minimum Gasteiger partial charge on any atom is -0.481 e. The van der Waals surface area contributed by atoms with Crippen LogP contribution in [0.4, 0.5) is 0 Å². The van der Waals surface area contributed by atoms with Crippen molar-refractivity contribution in [2.45, 2.75) is 26.3 Å². The average Bonchev–Trinajstić information content (AvgIpc) is 2.12. The first-order valence-corrected chi connectivity index (χ1v) is 4.49. The Labute approximate surface area is 81.8 Å². The molecule has 0 saturated carbocycles. The molecule has 4 nitrogen and oxygen atoms in total. The first-order valence-electron chi connectivity index (χ1n) is 4.49. The van der Waals surface area contributed by atoms with E-state index in [-0.39, 0.29) is 12.0 Å². The van der Waals surface area contributed by atoms with Crippen LogP contribution >= 0.6 is 0 Å². The first-order chi connectivity index (χ1) is 6.61. The summed E-state index contributed by atoms with van der Waals surface area (Å²) in [6, 6.07) is 3.54. The van der Waals surface area contributed by atoms with Gasteiger partial charge in [-0.3, -0.25) is 9.59 Å². The third-order valence-corrected chi connectivity index (χ3v) is 2.00. The van der Waals surface area contributed by atoms with E-state index in [9.17, 15) is 9.59 Å². The summed E-state index contributed by atoms with van der Waals surface area (Å²) in [5.41, 5.74) is 0.640. The molecule has 0 aliphatic rings. The maximum absolute atomic E-state index is 11.5. The fraction of sp³-hybridized carbons (Fsp3) is 0.400. The number of rotatable bonds is 4. The van der Waals surface area contributed by atoms with E-state index in [1.807, 2.05) is 0 Å². The fourth-order valence-corrected chi connectivity index (χ4v) is 1.23. The minimum atomic E-state index is -0.828. The van der Waals surface area contributed by atoms with Crippen LogP contribution < -0.4 is 5.56 Å². The van der Waals surface area contributed by atoms with E-state index in [0.29, 0.717) is 18.5 Å². The van der Waals surface area contributed by atoms with Gasteiger partial charge in [-0.1, -0.05) is 6.07 Å². The predicted octanol–water partition coefficient (Wildman–Crippen LogP) is 1.02. The van der Waals surface area contributed by atoms with E-state index in [4.69, 9.17) is 5.11 Å². The molecule has 0 aliphatic carbocycles. The van der Waals surface area contributed by atoms with Crippen molar-refractivity contribution in [1.82, 2.24) is 4.57 Å². The van der Waals surface area contributed by atoms with Crippen molar-refractivity contribution in [1.29, 1.82) is 0 Å². The normalized spacial score (nSPS) is 10.1. The van der Waals surface area contributed by atoms with Gasteiger partial charge in [0, 0.05) is 24.7 Å². The molecule has 0 radical (unpaired) electrons. The molecule has 1 heterocycles. The fourth-order valence-electron chi connectivity index (χ4n) is 1.23. The van der Waals surface area contributed by atoms with Crippen molar-refractivity contribution in [3.8, 4) is 0 Å². The number of aliphatic carboxylic acids is 1. The zero-order valence-corrected chi connectivity index (χ0v) is 8.06. The maximum Gasteiger partial charge on any atom is 0.303 e. The van der Waals surface area contributed by atoms with Gasteiger partial charge < -0.3 is 9.67 Å². The van der Waals surface area contributed by atoms with E-state index < -0.39 is 5.97 Å². The number of pyridine rings is 1. The Morgan fingerprint density at radius 1 is 1.57 bits per heavy atom. The summed E-state index contributed by atoms with van der Waals surface area (Å²) in [5.74, 6) is -0.828. The molecule has 0 bridgehead atoms. The summed E-state index contributed by atoms with van der Waals surface area (Å²) in [4.78, 5) is 21.7. The second kappa shape index (κ2) is 4.60. The number of aromatic nitrogens is 1. The molecule has 0 saturated heterocycles. The largest absolute Gasteiger partial charge is 0.481 e. The number of hydrogen-bond acceptors (Lipinski definition) is 2. The Balaban J connectivity index is 2.64. The molecular formula is C10H13NO3. The van der Waals surface area contributed by atoms with Crippen LogP contribution in [0.5, 0.6) is 0 Å². The molecule has 1 aromatic heterocycles. The van der Waals surface area contributed by atoms with Gasteiger partial charge in [0.25, 0.3) is 5.56 Å². The van der Waals surface area contributed by atoms with Crippen LogP contribution in [0, 0.1) is 6.92 Å². The van der Waals surface area contributed by atoms with Gasteiger partial charge in [0.15, 0.2) is 0 Å². The van der Waals surface area contributed by atoms with E-state index in [0.717, 1.165) is 0 Å². The highest BCUT2D eigenvalue weighted by atomic mass is 16.4. The molecule has 0 aromatic carbocycles. The lowest BCUT2D eigenvalue weighted by atomic mass is 10.3. The highest BCUT2D eigenvalue weighted by molar-refractivity contribution is 5.66. The molecule has 76 valence electrons. The van der Waals surface area contributed by atoms with Gasteiger partial charge in [-0.15, -0.1) is 0 Å². The molecule has 0 atom stereocenters. The standard InChI is InChI=1S/C10H13NO3/c1-8-4-2-6-11(10(8)14)7-3-5-9(12)13/h2,4,6H,3,5,7H2,1H3,(H,12,13). The van der Waals surface area contributed by atoms with Crippen LogP contribution in [-0.2, 0) is 11.3 Å². The molecule has 4 heteroatoms. The zero-order valence-electron chi connectivity index (χ0n) is 8.06. The van der Waals surface area contributed by atoms with Crippen LogP contribution in [0.1, 0.15) is 18.4 Å². The second-order valence-corrected chi connectivity index (χ2v) is 3.19. The molecule has 0 amide bonds. The van der Waals surface area contributed by atoms with E-state index in [1.54, 1.807) is 25.3 Å². The topological polar surface area (TPSA) is 59.3 Å². The quantitative estimate of drug-likeness (QED) is 0.780. The predicted molar refractivity (Wildman–Crippen MR) is 52.3 cm³/mol. The Morgan fingerprint density at radius 2 is 2.29 bits per heavy atom. The molecule has 14 heavy (non-hydrogen) atoms. The second-order valence-electron chi connectivity index (χ2n) is 3.19. The van der Waals surface area contributed by atoms with Crippen molar-refractivity contribution in [3.05, 3.63) is 34.2 Å². The third kappa shape index (κ3) is 2.73. The lowest BCUT2D eigenvalue weighted by Crippen LogP contribution is -2.21. The summed E-state index contributed by atoms with van der Waals surface area (Å²) >= 11 is 0. The average molecular weight is 195 g/mol. The summed E-state index contributed by atoms with van der Waals surface area (Å²) in [6.07, 6.45) is 2.26. The zero-order chi connectivity index (χ0) is 10.6. The number of carbonyl (C=O) groups is 1. The van der Waals surface area contributed by atoms with Crippen LogP contribution in [0.3, 0.4) is 0 Å². The first kappa shape index (κ1) is 10.5. The van der Waals surface area contributed by atoms with Gasteiger partial charge in [-0.05, 0) is 19.4 Å². The minimum absolute atomic E-state index is 0.0436. The van der Waals surface area contributed by atoms with Gasteiger partial charge in [-0.2, -0.15) is 0 Å². The maximum atomic E-state index is 11.5. The van der Waals surface area contributed by atoms with Crippen molar-refractivity contribution in [2.75, 3.05) is 0 Å². The number of aryl methyl sites for hydroxylation is 2. The van der Waals surface area contributed by atoms with Crippen LogP contribution in [0.15, 0.2) is 23.1 Å². The summed E-state index contributed by atoms with van der Waals surface area (Å²) in [5, 5.41) is 8.43. The third-order valence-electron chi connectivity index (χ3n) is 2.00. The van der Waals surface area contributed by atoms with Gasteiger partial charge in [0.05, 0.1) is 0 Å². The molecular weight excluding hydrogens is 182 g/mol. The van der Waals surface area contributed by atoms with E-state index in [2.05, 4.69) is 0 Å². The van der Waals surface area contributed by atoms with Gasteiger partial charge in [-0.25, -0.2) is 0 Å². The Hall–Kier alpha value is -1.58. The van der Waals surface area contributed by atoms with E-state index >= 15 is 0 Å². The monoisotopic (exact) mass is 195 g/mol. The lowest BCUT2D eigenvalue weighted by molar-refractivity contribution is -0.137. The SMILES string of the molecule is Cc1cccn(CCCC(=O)O)c1=O. The molecule has 1 N–H and O–H groups in total. The van der Waals surface area contributed by atoms with Crippen molar-refractivity contribution in [3.63, 3.8) is 0 Å². The van der Waals surface area contributed by atoms with Crippen LogP contribution in [-0.4, -0.2) is 15.6 Å². The smallest absolute Gasteiger partial charge is 0.303 e. The van der Waals surface area contributed by atoms with Crippen molar-refractivity contribution >= 4 is 5.97 Å².